The van der Waals surface area contributed by atoms with Crippen LogP contribution in [0, 0.1) is 0 Å². The van der Waals surface area contributed by atoms with Gasteiger partial charge in [0, 0.05) is 25.3 Å². The normalized spacial score (nSPS) is 10.6. The quantitative estimate of drug-likeness (QED) is 0.580. The molecule has 0 unspecified atom stereocenters. The van der Waals surface area contributed by atoms with Crippen LogP contribution in [0.5, 0.6) is 0 Å². The fraction of sp³-hybridized carbons (Fsp3) is 0.300. The summed E-state index contributed by atoms with van der Waals surface area (Å²) in [6.45, 7) is 0.718. The van der Waals surface area contributed by atoms with E-state index in [1.165, 1.54) is 0 Å². The number of nitrogens with zero attached hydrogens (tertiary/aromatic N) is 4. The second kappa shape index (κ2) is 5.62. The first-order valence-electron chi connectivity index (χ1n) is 4.84. The van der Waals surface area contributed by atoms with Crippen molar-refractivity contribution < 1.29 is 4.74 Å². The molecule has 16 heavy (non-hydrogen) atoms. The first-order chi connectivity index (χ1) is 7.90. The zero-order valence-electron chi connectivity index (χ0n) is 8.91. The molecule has 84 valence electrons. The maximum atomic E-state index is 4.96. The second-order valence-corrected chi connectivity index (χ2v) is 4.16. The molecule has 0 saturated carbocycles. The maximum Gasteiger partial charge on any atom is 0.160 e. The monoisotopic (exact) mass is 236 g/mol. The molecule has 0 bridgehead atoms. The van der Waals surface area contributed by atoms with E-state index in [1.807, 2.05) is 22.9 Å². The second-order valence-electron chi connectivity index (χ2n) is 3.04. The van der Waals surface area contributed by atoms with Gasteiger partial charge in [-0.15, -0.1) is 22.0 Å². The van der Waals surface area contributed by atoms with Gasteiger partial charge in [0.15, 0.2) is 5.82 Å². The Morgan fingerprint density at radius 1 is 1.38 bits per heavy atom. The number of hydrogen-bond acceptors (Lipinski definition) is 5. The van der Waals surface area contributed by atoms with E-state index in [4.69, 9.17) is 4.74 Å². The summed E-state index contributed by atoms with van der Waals surface area (Å²) in [4.78, 5) is 3.96. The van der Waals surface area contributed by atoms with E-state index in [9.17, 15) is 0 Å². The van der Waals surface area contributed by atoms with Crippen molar-refractivity contribution in [1.29, 1.82) is 0 Å². The Kier molecular flexibility index (Phi) is 3.90. The van der Waals surface area contributed by atoms with E-state index in [0.29, 0.717) is 0 Å². The third kappa shape index (κ3) is 2.80. The van der Waals surface area contributed by atoms with Gasteiger partial charge < -0.3 is 4.74 Å². The van der Waals surface area contributed by atoms with Gasteiger partial charge in [-0.05, 0) is 12.1 Å². The molecule has 2 aromatic heterocycles. The minimum absolute atomic E-state index is 0.718. The van der Waals surface area contributed by atoms with Crippen LogP contribution in [0.15, 0.2) is 35.9 Å². The molecule has 2 rings (SSSR count). The highest BCUT2D eigenvalue weighted by Gasteiger charge is 1.99. The fourth-order valence-corrected chi connectivity index (χ4v) is 1.87. The Morgan fingerprint density at radius 3 is 2.94 bits per heavy atom. The van der Waals surface area contributed by atoms with Gasteiger partial charge in [-0.1, -0.05) is 0 Å². The minimum atomic E-state index is 0.718. The standard InChI is InChI=1S/C10H12N4OS/c1-15-6-7-16-10-3-2-9(12-13-10)14-5-4-11-8-14/h2-5,8H,6-7H2,1H3. The first kappa shape index (κ1) is 11.1. The molecular weight excluding hydrogens is 224 g/mol. The SMILES string of the molecule is COCCSc1ccc(-n2ccnc2)nn1. The number of methoxy groups -OCH3 is 1. The van der Waals surface area contributed by atoms with Gasteiger partial charge in [-0.2, -0.15) is 0 Å². The number of imidazole rings is 1. The van der Waals surface area contributed by atoms with Crippen molar-refractivity contribution in [2.75, 3.05) is 19.5 Å². The molecule has 2 heterocycles. The first-order valence-corrected chi connectivity index (χ1v) is 5.82. The highest BCUT2D eigenvalue weighted by Crippen LogP contribution is 2.14. The zero-order chi connectivity index (χ0) is 11.2. The van der Waals surface area contributed by atoms with Crippen LogP contribution in [0.25, 0.3) is 5.82 Å². The lowest BCUT2D eigenvalue weighted by molar-refractivity contribution is 0.218. The Morgan fingerprint density at radius 2 is 2.31 bits per heavy atom. The number of hydrogen-bond donors (Lipinski definition) is 0. The molecule has 0 aliphatic rings. The number of aromatic nitrogens is 4. The van der Waals surface area contributed by atoms with Gasteiger partial charge in [0.25, 0.3) is 0 Å². The molecule has 0 N–H and O–H groups in total. The lowest BCUT2D eigenvalue weighted by atomic mass is 10.5. The zero-order valence-corrected chi connectivity index (χ0v) is 9.72. The summed E-state index contributed by atoms with van der Waals surface area (Å²) in [7, 11) is 1.69. The fourth-order valence-electron chi connectivity index (χ4n) is 1.15. The van der Waals surface area contributed by atoms with Crippen LogP contribution in [-0.4, -0.2) is 39.2 Å². The van der Waals surface area contributed by atoms with Crippen molar-refractivity contribution in [3.8, 4) is 5.82 Å². The van der Waals surface area contributed by atoms with Crippen LogP contribution in [0.2, 0.25) is 0 Å². The van der Waals surface area contributed by atoms with E-state index in [-0.39, 0.29) is 0 Å². The van der Waals surface area contributed by atoms with Crippen LogP contribution >= 0.6 is 11.8 Å². The van der Waals surface area contributed by atoms with E-state index >= 15 is 0 Å². The molecule has 0 saturated heterocycles. The largest absolute Gasteiger partial charge is 0.384 e. The maximum absolute atomic E-state index is 4.96. The molecule has 0 aromatic carbocycles. The van der Waals surface area contributed by atoms with Crippen molar-refractivity contribution in [1.82, 2.24) is 19.7 Å². The highest BCUT2D eigenvalue weighted by molar-refractivity contribution is 7.99. The van der Waals surface area contributed by atoms with Crippen molar-refractivity contribution in [2.24, 2.45) is 0 Å². The molecule has 6 heteroatoms. The van der Waals surface area contributed by atoms with Gasteiger partial charge in [0.1, 0.15) is 11.4 Å². The summed E-state index contributed by atoms with van der Waals surface area (Å²) in [5.41, 5.74) is 0. The average Bonchev–Trinajstić information content (AvgIpc) is 2.84. The molecular formula is C10H12N4OS. The summed E-state index contributed by atoms with van der Waals surface area (Å²) in [5, 5.41) is 9.13. The molecule has 0 fully saturated rings. The Hall–Kier alpha value is -1.40. The predicted molar refractivity (Wildman–Crippen MR) is 61.8 cm³/mol. The van der Waals surface area contributed by atoms with Crippen LogP contribution in [0.3, 0.4) is 0 Å². The predicted octanol–water partition coefficient (Wildman–Crippen LogP) is 1.40. The molecule has 5 nitrogen and oxygen atoms in total. The van der Waals surface area contributed by atoms with Gasteiger partial charge in [-0.3, -0.25) is 4.57 Å². The summed E-state index contributed by atoms with van der Waals surface area (Å²) < 4.78 is 6.78. The Balaban J connectivity index is 2.00. The van der Waals surface area contributed by atoms with E-state index in [2.05, 4.69) is 15.2 Å². The smallest absolute Gasteiger partial charge is 0.160 e. The number of rotatable bonds is 5. The summed E-state index contributed by atoms with van der Waals surface area (Å²) in [5.74, 6) is 1.66. The van der Waals surface area contributed by atoms with E-state index in [0.717, 1.165) is 23.2 Å². The van der Waals surface area contributed by atoms with Crippen LogP contribution < -0.4 is 0 Å². The highest BCUT2D eigenvalue weighted by atomic mass is 32.2. The summed E-state index contributed by atoms with van der Waals surface area (Å²) in [6.07, 6.45) is 5.24. The topological polar surface area (TPSA) is 52.8 Å². The summed E-state index contributed by atoms with van der Waals surface area (Å²) in [6, 6.07) is 3.87. The van der Waals surface area contributed by atoms with Crippen molar-refractivity contribution in [3.05, 3.63) is 30.9 Å². The average molecular weight is 236 g/mol. The van der Waals surface area contributed by atoms with E-state index in [1.54, 1.807) is 31.4 Å². The summed E-state index contributed by atoms with van der Waals surface area (Å²) >= 11 is 1.63. The molecule has 0 atom stereocenters. The molecule has 0 spiro atoms. The third-order valence-electron chi connectivity index (χ3n) is 1.93. The third-order valence-corrected chi connectivity index (χ3v) is 2.82. The van der Waals surface area contributed by atoms with Crippen LogP contribution in [-0.2, 0) is 4.74 Å². The van der Waals surface area contributed by atoms with Gasteiger partial charge in [0.05, 0.1) is 6.61 Å². The lowest BCUT2D eigenvalue weighted by Gasteiger charge is -2.01. The lowest BCUT2D eigenvalue weighted by Crippen LogP contribution is -1.98. The number of thioether (sulfide) groups is 1. The van der Waals surface area contributed by atoms with Crippen molar-refractivity contribution in [2.45, 2.75) is 5.03 Å². The van der Waals surface area contributed by atoms with Gasteiger partial charge in [-0.25, -0.2) is 4.98 Å². The Labute approximate surface area is 97.9 Å². The minimum Gasteiger partial charge on any atom is -0.384 e. The van der Waals surface area contributed by atoms with Gasteiger partial charge in [0.2, 0.25) is 0 Å². The van der Waals surface area contributed by atoms with Gasteiger partial charge >= 0.3 is 0 Å². The van der Waals surface area contributed by atoms with Crippen molar-refractivity contribution >= 4 is 11.8 Å². The molecule has 2 aromatic rings. The van der Waals surface area contributed by atoms with Crippen molar-refractivity contribution in [3.63, 3.8) is 0 Å². The molecule has 0 radical (unpaired) electrons. The molecule has 0 aliphatic heterocycles. The number of ether oxygens (including phenoxy) is 1. The van der Waals surface area contributed by atoms with Crippen LogP contribution in [0.1, 0.15) is 0 Å². The van der Waals surface area contributed by atoms with Crippen LogP contribution in [0.4, 0.5) is 0 Å². The molecule has 0 aliphatic carbocycles. The molecule has 0 amide bonds. The Bertz CT molecular complexity index is 415. The van der Waals surface area contributed by atoms with E-state index < -0.39 is 0 Å².